The van der Waals surface area contributed by atoms with Crippen molar-refractivity contribution < 1.29 is 14.3 Å². The second-order valence-corrected chi connectivity index (χ2v) is 6.51. The molecule has 2 heterocycles. The first kappa shape index (κ1) is 17.9. The summed E-state index contributed by atoms with van der Waals surface area (Å²) in [4.78, 5) is 33.0. The van der Waals surface area contributed by atoms with Gasteiger partial charge in [-0.3, -0.25) is 14.6 Å². The van der Waals surface area contributed by atoms with Crippen LogP contribution in [-0.2, 0) is 22.7 Å². The summed E-state index contributed by atoms with van der Waals surface area (Å²) in [6.07, 6.45) is 0. The molecule has 1 fully saturated rings. The number of aryl methyl sites for hydroxylation is 1. The molecule has 0 saturated carbocycles. The molecule has 0 N–H and O–H groups in total. The number of amides is 2. The van der Waals surface area contributed by atoms with E-state index in [1.807, 2.05) is 49.4 Å². The number of piperazine rings is 1. The summed E-state index contributed by atoms with van der Waals surface area (Å²) in [6.45, 7) is 4.53. The summed E-state index contributed by atoms with van der Waals surface area (Å²) in [7, 11) is 1.61. The standard InChI is InChI=1S/C20H23N3O3/c1-14-5-4-6-17(21-14)12-23-15(2)20(25)22(13-19(23)24)11-16-7-9-18(26-3)10-8-16/h4-10,15H,11-13H2,1-3H3/t15-/m0/s1. The smallest absolute Gasteiger partial charge is 0.245 e. The van der Waals surface area contributed by atoms with Crippen LogP contribution in [0.4, 0.5) is 0 Å². The summed E-state index contributed by atoms with van der Waals surface area (Å²) in [5, 5.41) is 0. The van der Waals surface area contributed by atoms with Gasteiger partial charge in [0.2, 0.25) is 11.8 Å². The van der Waals surface area contributed by atoms with E-state index in [0.29, 0.717) is 13.1 Å². The number of pyridine rings is 1. The number of methoxy groups -OCH3 is 1. The van der Waals surface area contributed by atoms with Crippen molar-refractivity contribution >= 4 is 11.8 Å². The van der Waals surface area contributed by atoms with Crippen molar-refractivity contribution in [2.24, 2.45) is 0 Å². The van der Waals surface area contributed by atoms with Crippen LogP contribution in [0.3, 0.4) is 0 Å². The van der Waals surface area contributed by atoms with E-state index in [1.165, 1.54) is 0 Å². The number of hydrogen-bond acceptors (Lipinski definition) is 4. The molecule has 1 aliphatic heterocycles. The molecule has 2 amide bonds. The first-order chi connectivity index (χ1) is 12.5. The Kier molecular flexibility index (Phi) is 5.21. The van der Waals surface area contributed by atoms with Gasteiger partial charge in [-0.05, 0) is 43.7 Å². The maximum atomic E-state index is 12.8. The quantitative estimate of drug-likeness (QED) is 0.826. The summed E-state index contributed by atoms with van der Waals surface area (Å²) < 4.78 is 5.15. The van der Waals surface area contributed by atoms with Crippen molar-refractivity contribution in [1.29, 1.82) is 0 Å². The molecule has 6 heteroatoms. The van der Waals surface area contributed by atoms with E-state index < -0.39 is 6.04 Å². The Labute approximate surface area is 153 Å². The predicted octanol–water partition coefficient (Wildman–Crippen LogP) is 2.16. The largest absolute Gasteiger partial charge is 0.497 e. The third-order valence-electron chi connectivity index (χ3n) is 4.59. The molecule has 6 nitrogen and oxygen atoms in total. The Bertz CT molecular complexity index is 804. The Morgan fingerprint density at radius 3 is 2.50 bits per heavy atom. The Balaban J connectivity index is 1.70. The van der Waals surface area contributed by atoms with Crippen LogP contribution in [-0.4, -0.2) is 46.3 Å². The molecule has 3 rings (SSSR count). The zero-order chi connectivity index (χ0) is 18.7. The molecule has 1 aromatic carbocycles. The highest BCUT2D eigenvalue weighted by Gasteiger charge is 2.36. The lowest BCUT2D eigenvalue weighted by molar-refractivity contribution is -0.156. The first-order valence-electron chi connectivity index (χ1n) is 8.61. The molecule has 136 valence electrons. The third kappa shape index (κ3) is 3.85. The highest BCUT2D eigenvalue weighted by Crippen LogP contribution is 2.19. The van der Waals surface area contributed by atoms with Crippen molar-refractivity contribution in [2.75, 3.05) is 13.7 Å². The van der Waals surface area contributed by atoms with E-state index in [-0.39, 0.29) is 18.4 Å². The number of rotatable bonds is 5. The molecular formula is C20H23N3O3. The Morgan fingerprint density at radius 2 is 1.85 bits per heavy atom. The molecule has 0 aliphatic carbocycles. The average Bonchev–Trinajstić information content (AvgIpc) is 2.64. The third-order valence-corrected chi connectivity index (χ3v) is 4.59. The molecule has 26 heavy (non-hydrogen) atoms. The second kappa shape index (κ2) is 7.56. The number of carbonyl (C=O) groups is 2. The molecule has 0 spiro atoms. The van der Waals surface area contributed by atoms with Gasteiger partial charge in [0.1, 0.15) is 18.3 Å². The topological polar surface area (TPSA) is 62.7 Å². The summed E-state index contributed by atoms with van der Waals surface area (Å²) in [5.41, 5.74) is 2.65. The van der Waals surface area contributed by atoms with E-state index in [0.717, 1.165) is 22.7 Å². The SMILES string of the molecule is COc1ccc(CN2CC(=O)N(Cc3cccc(C)n3)[C@@H](C)C2=O)cc1. The van der Waals surface area contributed by atoms with Gasteiger partial charge in [-0.15, -0.1) is 0 Å². The van der Waals surface area contributed by atoms with E-state index in [9.17, 15) is 9.59 Å². The van der Waals surface area contributed by atoms with Crippen LogP contribution in [0.15, 0.2) is 42.5 Å². The van der Waals surface area contributed by atoms with Crippen LogP contribution in [0, 0.1) is 6.92 Å². The minimum Gasteiger partial charge on any atom is -0.497 e. The first-order valence-corrected chi connectivity index (χ1v) is 8.61. The lowest BCUT2D eigenvalue weighted by atomic mass is 10.1. The Hall–Kier alpha value is -2.89. The predicted molar refractivity (Wildman–Crippen MR) is 97.4 cm³/mol. The van der Waals surface area contributed by atoms with Crippen LogP contribution in [0.2, 0.25) is 0 Å². The number of hydrogen-bond donors (Lipinski definition) is 0. The number of benzene rings is 1. The van der Waals surface area contributed by atoms with Gasteiger partial charge in [0, 0.05) is 12.2 Å². The minimum absolute atomic E-state index is 0.0481. The summed E-state index contributed by atoms with van der Waals surface area (Å²) >= 11 is 0. The van der Waals surface area contributed by atoms with Crippen molar-refractivity contribution in [1.82, 2.24) is 14.8 Å². The molecular weight excluding hydrogens is 330 g/mol. The van der Waals surface area contributed by atoms with Gasteiger partial charge in [-0.2, -0.15) is 0 Å². The van der Waals surface area contributed by atoms with Crippen LogP contribution >= 0.6 is 0 Å². The lowest BCUT2D eigenvalue weighted by Crippen LogP contribution is -2.58. The lowest BCUT2D eigenvalue weighted by Gasteiger charge is -2.38. The molecule has 0 bridgehead atoms. The number of carbonyl (C=O) groups excluding carboxylic acids is 2. The van der Waals surface area contributed by atoms with E-state index in [4.69, 9.17) is 4.74 Å². The maximum Gasteiger partial charge on any atom is 0.245 e. The number of aromatic nitrogens is 1. The van der Waals surface area contributed by atoms with Crippen molar-refractivity contribution in [3.63, 3.8) is 0 Å². The number of nitrogens with zero attached hydrogens (tertiary/aromatic N) is 3. The highest BCUT2D eigenvalue weighted by molar-refractivity contribution is 5.94. The van der Waals surface area contributed by atoms with Gasteiger partial charge in [0.15, 0.2) is 0 Å². The minimum atomic E-state index is -0.503. The fraction of sp³-hybridized carbons (Fsp3) is 0.350. The van der Waals surface area contributed by atoms with E-state index in [1.54, 1.807) is 23.8 Å². The van der Waals surface area contributed by atoms with E-state index in [2.05, 4.69) is 4.98 Å². The van der Waals surface area contributed by atoms with Crippen molar-refractivity contribution in [3.05, 3.63) is 59.4 Å². The zero-order valence-corrected chi connectivity index (χ0v) is 15.3. The fourth-order valence-electron chi connectivity index (χ4n) is 3.12. The maximum absolute atomic E-state index is 12.8. The molecule has 1 saturated heterocycles. The Morgan fingerprint density at radius 1 is 1.12 bits per heavy atom. The van der Waals surface area contributed by atoms with Crippen molar-refractivity contribution in [2.45, 2.75) is 33.0 Å². The van der Waals surface area contributed by atoms with Crippen LogP contribution < -0.4 is 4.74 Å². The van der Waals surface area contributed by atoms with Crippen LogP contribution in [0.1, 0.15) is 23.9 Å². The molecule has 1 aromatic heterocycles. The van der Waals surface area contributed by atoms with Gasteiger partial charge in [-0.25, -0.2) is 0 Å². The van der Waals surface area contributed by atoms with Crippen LogP contribution in [0.5, 0.6) is 5.75 Å². The monoisotopic (exact) mass is 353 g/mol. The molecule has 1 aliphatic rings. The van der Waals surface area contributed by atoms with Crippen molar-refractivity contribution in [3.8, 4) is 5.75 Å². The zero-order valence-electron chi connectivity index (χ0n) is 15.3. The molecule has 1 atom stereocenters. The highest BCUT2D eigenvalue weighted by atomic mass is 16.5. The fourth-order valence-corrected chi connectivity index (χ4v) is 3.12. The summed E-state index contributed by atoms with van der Waals surface area (Å²) in [6, 6.07) is 12.7. The van der Waals surface area contributed by atoms with Gasteiger partial charge >= 0.3 is 0 Å². The molecule has 0 radical (unpaired) electrons. The number of ether oxygens (including phenoxy) is 1. The normalized spacial score (nSPS) is 17.6. The summed E-state index contributed by atoms with van der Waals surface area (Å²) in [5.74, 6) is 0.655. The average molecular weight is 353 g/mol. The molecule has 2 aromatic rings. The second-order valence-electron chi connectivity index (χ2n) is 6.51. The van der Waals surface area contributed by atoms with Crippen LogP contribution in [0.25, 0.3) is 0 Å². The van der Waals surface area contributed by atoms with E-state index >= 15 is 0 Å². The van der Waals surface area contributed by atoms with Gasteiger partial charge in [-0.1, -0.05) is 18.2 Å². The van der Waals surface area contributed by atoms with Gasteiger partial charge < -0.3 is 14.5 Å². The van der Waals surface area contributed by atoms with Gasteiger partial charge in [0.25, 0.3) is 0 Å². The van der Waals surface area contributed by atoms with Gasteiger partial charge in [0.05, 0.1) is 19.3 Å². The molecule has 0 unspecified atom stereocenters.